The number of aliphatic carboxylic acids is 1. The highest BCUT2D eigenvalue weighted by Gasteiger charge is 2.21. The maximum Gasteiger partial charge on any atom is 0.338 e. The van der Waals surface area contributed by atoms with E-state index in [0.29, 0.717) is 11.1 Å². The Kier molecular flexibility index (Phi) is 10.2. The number of esters is 3. The monoisotopic (exact) mass is 471 g/mol. The Bertz CT molecular complexity index is 1010. The Balaban J connectivity index is 2.06. The van der Waals surface area contributed by atoms with Crippen molar-refractivity contribution in [3.63, 3.8) is 0 Å². The van der Waals surface area contributed by atoms with E-state index in [-0.39, 0.29) is 37.3 Å². The van der Waals surface area contributed by atoms with Gasteiger partial charge in [0.25, 0.3) is 0 Å². The zero-order valence-corrected chi connectivity index (χ0v) is 19.4. The summed E-state index contributed by atoms with van der Waals surface area (Å²) in [7, 11) is 0. The Morgan fingerprint density at radius 2 is 1.53 bits per heavy atom. The van der Waals surface area contributed by atoms with E-state index in [4.69, 9.17) is 14.2 Å². The lowest BCUT2D eigenvalue weighted by molar-refractivity contribution is -0.139. The molecular formula is C25H29NO8. The van der Waals surface area contributed by atoms with Gasteiger partial charge in [-0.1, -0.05) is 38.1 Å². The Morgan fingerprint density at radius 3 is 2.12 bits per heavy atom. The van der Waals surface area contributed by atoms with E-state index in [2.05, 4.69) is 5.32 Å². The fourth-order valence-electron chi connectivity index (χ4n) is 2.89. The minimum Gasteiger partial charge on any atom is -0.480 e. The lowest BCUT2D eigenvalue weighted by Gasteiger charge is -2.19. The first kappa shape index (κ1) is 26.5. The molecule has 2 aromatic rings. The summed E-state index contributed by atoms with van der Waals surface area (Å²) in [4.78, 5) is 47.4. The number of ether oxygens (including phenoxy) is 3. The molecule has 0 aliphatic rings. The second-order valence-corrected chi connectivity index (χ2v) is 7.52. The van der Waals surface area contributed by atoms with Gasteiger partial charge < -0.3 is 24.6 Å². The Hall–Kier alpha value is -3.72. The largest absolute Gasteiger partial charge is 0.480 e. The summed E-state index contributed by atoms with van der Waals surface area (Å²) < 4.78 is 15.8. The average Bonchev–Trinajstić information content (AvgIpc) is 2.83. The number of nitrogens with one attached hydrogen (secondary N) is 1. The number of carboxylic acids is 1. The number of carboxylic acid groups (broad SMARTS) is 1. The SMILES string of the molecule is CCC(=O)Oc1ccc(C[C@H](NCC(C)OC(=O)c2ccccc2)C(=O)O)cc1OC(=O)CC. The zero-order valence-electron chi connectivity index (χ0n) is 19.4. The van der Waals surface area contributed by atoms with E-state index in [1.165, 1.54) is 12.1 Å². The van der Waals surface area contributed by atoms with Crippen LogP contribution in [-0.2, 0) is 25.5 Å². The van der Waals surface area contributed by atoms with Crippen molar-refractivity contribution >= 4 is 23.9 Å². The van der Waals surface area contributed by atoms with Gasteiger partial charge in [0, 0.05) is 19.4 Å². The number of carbonyl (C=O) groups is 4. The van der Waals surface area contributed by atoms with E-state index in [1.807, 2.05) is 0 Å². The Morgan fingerprint density at radius 1 is 0.912 bits per heavy atom. The van der Waals surface area contributed by atoms with Gasteiger partial charge in [-0.3, -0.25) is 14.4 Å². The van der Waals surface area contributed by atoms with Crippen LogP contribution in [0.15, 0.2) is 48.5 Å². The predicted molar refractivity (Wildman–Crippen MR) is 123 cm³/mol. The maximum atomic E-state index is 12.2. The van der Waals surface area contributed by atoms with Crippen LogP contribution in [0.5, 0.6) is 11.5 Å². The van der Waals surface area contributed by atoms with Crippen LogP contribution in [0.3, 0.4) is 0 Å². The maximum absolute atomic E-state index is 12.2. The van der Waals surface area contributed by atoms with Gasteiger partial charge in [-0.25, -0.2) is 4.79 Å². The molecule has 0 heterocycles. The number of carbonyl (C=O) groups excluding carboxylic acids is 3. The lowest BCUT2D eigenvalue weighted by Crippen LogP contribution is -2.42. The Labute approximate surface area is 198 Å². The molecule has 0 aliphatic carbocycles. The fraction of sp³-hybridized carbons (Fsp3) is 0.360. The minimum absolute atomic E-state index is 0.0421. The van der Waals surface area contributed by atoms with Gasteiger partial charge in [0.05, 0.1) is 5.56 Å². The van der Waals surface area contributed by atoms with Crippen LogP contribution in [0.2, 0.25) is 0 Å². The molecule has 0 amide bonds. The van der Waals surface area contributed by atoms with Gasteiger partial charge in [0.1, 0.15) is 12.1 Å². The van der Waals surface area contributed by atoms with Gasteiger partial charge in [-0.15, -0.1) is 0 Å². The van der Waals surface area contributed by atoms with Crippen LogP contribution >= 0.6 is 0 Å². The van der Waals surface area contributed by atoms with Crippen molar-refractivity contribution in [3.8, 4) is 11.5 Å². The summed E-state index contributed by atoms with van der Waals surface area (Å²) >= 11 is 0. The van der Waals surface area contributed by atoms with Crippen molar-refractivity contribution < 1.29 is 38.5 Å². The third-order valence-electron chi connectivity index (χ3n) is 4.74. The summed E-state index contributed by atoms with van der Waals surface area (Å²) in [5, 5.41) is 12.5. The topological polar surface area (TPSA) is 128 Å². The molecule has 0 bridgehead atoms. The van der Waals surface area contributed by atoms with E-state index >= 15 is 0 Å². The van der Waals surface area contributed by atoms with Crippen molar-refractivity contribution in [2.75, 3.05) is 6.54 Å². The summed E-state index contributed by atoms with van der Waals surface area (Å²) in [6.07, 6.45) is -0.273. The van der Waals surface area contributed by atoms with Gasteiger partial charge >= 0.3 is 23.9 Å². The minimum atomic E-state index is -1.10. The van der Waals surface area contributed by atoms with Gasteiger partial charge in [-0.05, 0) is 43.2 Å². The van der Waals surface area contributed by atoms with Crippen molar-refractivity contribution in [1.29, 1.82) is 0 Å². The summed E-state index contributed by atoms with van der Waals surface area (Å²) in [5.41, 5.74) is 0.950. The molecule has 0 saturated heterocycles. The molecule has 9 nitrogen and oxygen atoms in total. The van der Waals surface area contributed by atoms with Crippen molar-refractivity contribution in [3.05, 3.63) is 59.7 Å². The molecule has 2 N–H and O–H groups in total. The molecule has 9 heteroatoms. The van der Waals surface area contributed by atoms with Gasteiger partial charge in [-0.2, -0.15) is 0 Å². The summed E-state index contributed by atoms with van der Waals surface area (Å²) in [5.74, 6) is -2.49. The third-order valence-corrected chi connectivity index (χ3v) is 4.74. The first-order valence-corrected chi connectivity index (χ1v) is 11.0. The predicted octanol–water partition coefficient (Wildman–Crippen LogP) is 3.15. The van der Waals surface area contributed by atoms with Gasteiger partial charge in [0.2, 0.25) is 0 Å². The molecule has 0 radical (unpaired) electrons. The summed E-state index contributed by atoms with van der Waals surface area (Å²) in [6.45, 7) is 5.03. The molecule has 2 rings (SSSR count). The molecule has 0 saturated carbocycles. The number of rotatable bonds is 12. The third kappa shape index (κ3) is 8.32. The normalized spacial score (nSPS) is 12.3. The molecule has 0 aromatic heterocycles. The number of benzene rings is 2. The lowest BCUT2D eigenvalue weighted by atomic mass is 10.0. The molecule has 0 aliphatic heterocycles. The highest BCUT2D eigenvalue weighted by Crippen LogP contribution is 2.30. The van der Waals surface area contributed by atoms with E-state index in [0.717, 1.165) is 0 Å². The molecule has 2 aromatic carbocycles. The van der Waals surface area contributed by atoms with Crippen LogP contribution in [0.4, 0.5) is 0 Å². The van der Waals surface area contributed by atoms with Crippen LogP contribution in [-0.4, -0.2) is 47.7 Å². The van der Waals surface area contributed by atoms with Gasteiger partial charge in [0.15, 0.2) is 11.5 Å². The second kappa shape index (κ2) is 13.1. The molecular weight excluding hydrogens is 442 g/mol. The summed E-state index contributed by atoms with van der Waals surface area (Å²) in [6, 6.07) is 12.0. The first-order valence-electron chi connectivity index (χ1n) is 11.0. The zero-order chi connectivity index (χ0) is 25.1. The van der Waals surface area contributed by atoms with Crippen LogP contribution in [0.25, 0.3) is 0 Å². The van der Waals surface area contributed by atoms with Crippen LogP contribution in [0.1, 0.15) is 49.5 Å². The molecule has 182 valence electrons. The average molecular weight is 472 g/mol. The molecule has 2 atom stereocenters. The highest BCUT2D eigenvalue weighted by atomic mass is 16.6. The molecule has 34 heavy (non-hydrogen) atoms. The smallest absolute Gasteiger partial charge is 0.338 e. The van der Waals surface area contributed by atoms with E-state index in [1.54, 1.807) is 57.2 Å². The number of hydrogen-bond acceptors (Lipinski definition) is 8. The van der Waals surface area contributed by atoms with E-state index < -0.39 is 36.0 Å². The molecule has 0 fully saturated rings. The molecule has 1 unspecified atom stereocenters. The molecule has 0 spiro atoms. The van der Waals surface area contributed by atoms with Crippen LogP contribution in [0, 0.1) is 0 Å². The van der Waals surface area contributed by atoms with Crippen molar-refractivity contribution in [2.24, 2.45) is 0 Å². The standard InChI is InChI=1S/C25H29NO8/c1-4-22(27)33-20-12-11-17(14-21(20)34-23(28)5-2)13-19(24(29)30)26-15-16(3)32-25(31)18-9-7-6-8-10-18/h6-12,14,16,19,26H,4-5,13,15H2,1-3H3,(H,29,30)/t16?,19-/m0/s1. The second-order valence-electron chi connectivity index (χ2n) is 7.52. The van der Waals surface area contributed by atoms with Crippen molar-refractivity contribution in [1.82, 2.24) is 5.32 Å². The van der Waals surface area contributed by atoms with E-state index in [9.17, 15) is 24.3 Å². The highest BCUT2D eigenvalue weighted by molar-refractivity contribution is 5.89. The van der Waals surface area contributed by atoms with Crippen molar-refractivity contribution in [2.45, 2.75) is 52.2 Å². The fourth-order valence-corrected chi connectivity index (χ4v) is 2.89. The quantitative estimate of drug-likeness (QED) is 0.354. The van der Waals surface area contributed by atoms with Crippen LogP contribution < -0.4 is 14.8 Å². The number of hydrogen-bond donors (Lipinski definition) is 2. The first-order chi connectivity index (χ1) is 16.2.